The topological polar surface area (TPSA) is 98.2 Å². The summed E-state index contributed by atoms with van der Waals surface area (Å²) in [7, 11) is 0. The second-order valence-electron chi connectivity index (χ2n) is 5.81. The number of furan rings is 1. The van der Waals surface area contributed by atoms with E-state index in [1.807, 2.05) is 6.07 Å². The lowest BCUT2D eigenvalue weighted by Gasteiger charge is -2.37. The van der Waals surface area contributed by atoms with Gasteiger partial charge in [0, 0.05) is 18.7 Å². The largest absolute Gasteiger partial charge is 0.461 e. The minimum Gasteiger partial charge on any atom is -0.461 e. The van der Waals surface area contributed by atoms with E-state index in [9.17, 15) is 4.79 Å². The van der Waals surface area contributed by atoms with Crippen LogP contribution in [0.3, 0.4) is 0 Å². The van der Waals surface area contributed by atoms with Crippen LogP contribution >= 0.6 is 11.7 Å². The fourth-order valence-electron chi connectivity index (χ4n) is 2.81. The molecule has 4 aromatic rings. The molecule has 0 radical (unpaired) electrons. The van der Waals surface area contributed by atoms with Crippen molar-refractivity contribution in [3.8, 4) is 11.6 Å². The van der Waals surface area contributed by atoms with E-state index < -0.39 is 0 Å². The smallest absolute Gasteiger partial charge is 0.253 e. The molecule has 0 unspecified atom stereocenters. The highest BCUT2D eigenvalue weighted by molar-refractivity contribution is 7.00. The van der Waals surface area contributed by atoms with Gasteiger partial charge in [0.25, 0.3) is 5.91 Å². The average Bonchev–Trinajstić information content (AvgIpc) is 3.33. The maximum Gasteiger partial charge on any atom is 0.253 e. The number of carbonyl (C=O) groups excluding carboxylic acids is 1. The lowest BCUT2D eigenvalue weighted by Crippen LogP contribution is -2.48. The second-order valence-corrected chi connectivity index (χ2v) is 6.34. The van der Waals surface area contributed by atoms with Gasteiger partial charge in [0.15, 0.2) is 5.76 Å². The number of hydrogen-bond acceptors (Lipinski definition) is 8. The number of carbonyl (C=O) groups is 1. The number of nitrogens with zero attached hydrogens (tertiary/aromatic N) is 5. The van der Waals surface area contributed by atoms with Gasteiger partial charge in [-0.05, 0) is 30.3 Å². The molecule has 0 bridgehead atoms. The molecule has 1 aliphatic heterocycles. The fourth-order valence-corrected chi connectivity index (χ4v) is 3.32. The maximum absolute atomic E-state index is 12.6. The fraction of sp³-hybridized carbons (Fsp3) is 0.188. The Morgan fingerprint density at radius 3 is 2.92 bits per heavy atom. The highest BCUT2D eigenvalue weighted by Crippen LogP contribution is 2.29. The minimum atomic E-state index is -0.0306. The van der Waals surface area contributed by atoms with Crippen LogP contribution in [0.15, 0.2) is 45.5 Å². The third-order valence-electron chi connectivity index (χ3n) is 4.20. The molecular weight excluding hydrogens is 342 g/mol. The van der Waals surface area contributed by atoms with Gasteiger partial charge in [0.1, 0.15) is 11.0 Å². The number of hydrogen-bond donors (Lipinski definition) is 0. The Balaban J connectivity index is 1.29. The average molecular weight is 353 g/mol. The van der Waals surface area contributed by atoms with Crippen LogP contribution in [-0.2, 0) is 0 Å². The second kappa shape index (κ2) is 5.49. The molecular formula is C16H11N5O3S. The van der Waals surface area contributed by atoms with E-state index in [0.717, 1.165) is 22.8 Å². The first kappa shape index (κ1) is 14.3. The Morgan fingerprint density at radius 1 is 1.20 bits per heavy atom. The number of amides is 1. The van der Waals surface area contributed by atoms with Gasteiger partial charge >= 0.3 is 0 Å². The molecule has 124 valence electrons. The van der Waals surface area contributed by atoms with Gasteiger partial charge in [0.2, 0.25) is 11.7 Å². The van der Waals surface area contributed by atoms with Crippen molar-refractivity contribution in [2.45, 2.75) is 5.92 Å². The molecule has 5 rings (SSSR count). The summed E-state index contributed by atoms with van der Waals surface area (Å²) in [5.41, 5.74) is 2.16. The van der Waals surface area contributed by atoms with Crippen molar-refractivity contribution in [1.29, 1.82) is 0 Å². The summed E-state index contributed by atoms with van der Waals surface area (Å²) in [5.74, 6) is 1.52. The lowest BCUT2D eigenvalue weighted by atomic mass is 9.98. The van der Waals surface area contributed by atoms with E-state index in [4.69, 9.17) is 8.94 Å². The predicted molar refractivity (Wildman–Crippen MR) is 88.1 cm³/mol. The van der Waals surface area contributed by atoms with Gasteiger partial charge in [-0.15, -0.1) is 0 Å². The Kier molecular flexibility index (Phi) is 3.14. The quantitative estimate of drug-likeness (QED) is 0.558. The highest BCUT2D eigenvalue weighted by Gasteiger charge is 2.36. The van der Waals surface area contributed by atoms with Crippen LogP contribution < -0.4 is 0 Å². The molecule has 9 heteroatoms. The Morgan fingerprint density at radius 2 is 2.08 bits per heavy atom. The summed E-state index contributed by atoms with van der Waals surface area (Å²) in [6.07, 6.45) is 1.56. The zero-order valence-electron chi connectivity index (χ0n) is 12.8. The number of rotatable bonds is 3. The summed E-state index contributed by atoms with van der Waals surface area (Å²) in [5, 5.41) is 3.92. The molecule has 1 amide bonds. The SMILES string of the molecule is O=C(c1ccc2nsnc2c1)N1CC(c2nc(-c3ccco3)no2)C1. The Hall–Kier alpha value is -3.07. The third-order valence-corrected chi connectivity index (χ3v) is 4.76. The molecule has 0 saturated carbocycles. The summed E-state index contributed by atoms with van der Waals surface area (Å²) in [4.78, 5) is 18.7. The summed E-state index contributed by atoms with van der Waals surface area (Å²) in [6.45, 7) is 1.10. The minimum absolute atomic E-state index is 0.0306. The molecule has 0 N–H and O–H groups in total. The van der Waals surface area contributed by atoms with Gasteiger partial charge in [-0.3, -0.25) is 4.79 Å². The van der Waals surface area contributed by atoms with Crippen molar-refractivity contribution in [3.63, 3.8) is 0 Å². The monoisotopic (exact) mass is 353 g/mol. The van der Waals surface area contributed by atoms with Crippen molar-refractivity contribution < 1.29 is 13.7 Å². The number of benzene rings is 1. The van der Waals surface area contributed by atoms with E-state index >= 15 is 0 Å². The van der Waals surface area contributed by atoms with Gasteiger partial charge in [-0.2, -0.15) is 13.7 Å². The zero-order chi connectivity index (χ0) is 16.8. The van der Waals surface area contributed by atoms with Gasteiger partial charge in [-0.25, -0.2) is 0 Å². The van der Waals surface area contributed by atoms with Crippen LogP contribution in [-0.4, -0.2) is 42.8 Å². The first-order valence-electron chi connectivity index (χ1n) is 7.67. The predicted octanol–water partition coefficient (Wildman–Crippen LogP) is 2.57. The van der Waals surface area contributed by atoms with Crippen molar-refractivity contribution in [3.05, 3.63) is 48.0 Å². The molecule has 25 heavy (non-hydrogen) atoms. The van der Waals surface area contributed by atoms with Gasteiger partial charge < -0.3 is 13.8 Å². The molecule has 0 aliphatic carbocycles. The van der Waals surface area contributed by atoms with Crippen LogP contribution in [0.1, 0.15) is 22.2 Å². The molecule has 1 aliphatic rings. The molecule has 1 fully saturated rings. The summed E-state index contributed by atoms with van der Waals surface area (Å²) in [6, 6.07) is 8.91. The van der Waals surface area contributed by atoms with E-state index in [-0.39, 0.29) is 11.8 Å². The van der Waals surface area contributed by atoms with Gasteiger partial charge in [-0.1, -0.05) is 5.16 Å². The van der Waals surface area contributed by atoms with Crippen LogP contribution in [0, 0.1) is 0 Å². The summed E-state index contributed by atoms with van der Waals surface area (Å²) >= 11 is 1.14. The first-order valence-corrected chi connectivity index (χ1v) is 8.40. The molecule has 3 aromatic heterocycles. The zero-order valence-corrected chi connectivity index (χ0v) is 13.6. The Labute approximate surface area is 145 Å². The van der Waals surface area contributed by atoms with Crippen molar-refractivity contribution in [1.82, 2.24) is 23.8 Å². The van der Waals surface area contributed by atoms with Crippen molar-refractivity contribution in [2.75, 3.05) is 13.1 Å². The molecule has 0 atom stereocenters. The van der Waals surface area contributed by atoms with Gasteiger partial charge in [0.05, 0.1) is 23.9 Å². The van der Waals surface area contributed by atoms with Crippen LogP contribution in [0.4, 0.5) is 0 Å². The number of likely N-dealkylation sites (tertiary alicyclic amines) is 1. The Bertz CT molecular complexity index is 1050. The lowest BCUT2D eigenvalue weighted by molar-refractivity contribution is 0.0569. The van der Waals surface area contributed by atoms with Crippen molar-refractivity contribution in [2.24, 2.45) is 0 Å². The normalized spacial score (nSPS) is 14.8. The van der Waals surface area contributed by atoms with E-state index in [2.05, 4.69) is 18.9 Å². The van der Waals surface area contributed by atoms with Crippen LogP contribution in [0.5, 0.6) is 0 Å². The molecule has 1 saturated heterocycles. The van der Waals surface area contributed by atoms with E-state index in [1.54, 1.807) is 35.4 Å². The standard InChI is InChI=1S/C16H11N5O3S/c22-16(9-3-4-11-12(6-9)20-25-19-11)21-7-10(8-21)15-17-14(18-24-15)13-2-1-5-23-13/h1-6,10H,7-8H2. The van der Waals surface area contributed by atoms with Crippen molar-refractivity contribution >= 4 is 28.7 Å². The molecule has 0 spiro atoms. The number of aromatic nitrogens is 4. The highest BCUT2D eigenvalue weighted by atomic mass is 32.1. The third kappa shape index (κ3) is 2.40. The van der Waals surface area contributed by atoms with E-state index in [1.165, 1.54) is 0 Å². The summed E-state index contributed by atoms with van der Waals surface area (Å²) < 4.78 is 18.9. The van der Waals surface area contributed by atoms with Crippen LogP contribution in [0.25, 0.3) is 22.6 Å². The van der Waals surface area contributed by atoms with Crippen LogP contribution in [0.2, 0.25) is 0 Å². The number of fused-ring (bicyclic) bond motifs is 1. The molecule has 8 nitrogen and oxygen atoms in total. The van der Waals surface area contributed by atoms with E-state index in [0.29, 0.717) is 36.1 Å². The first-order chi connectivity index (χ1) is 12.3. The molecule has 1 aromatic carbocycles. The maximum atomic E-state index is 12.6. The molecule has 4 heterocycles.